The second-order valence-electron chi connectivity index (χ2n) is 6.77. The lowest BCUT2D eigenvalue weighted by Gasteiger charge is -2.09. The van der Waals surface area contributed by atoms with Crippen LogP contribution in [0.25, 0.3) is 10.8 Å². The molecule has 0 radical (unpaired) electrons. The predicted octanol–water partition coefficient (Wildman–Crippen LogP) is 5.87. The molecule has 4 aromatic carbocycles. The lowest BCUT2D eigenvalue weighted by molar-refractivity contribution is 0.0698. The monoisotopic (exact) mass is 382 g/mol. The number of carbonyl (C=O) groups excluding carboxylic acids is 1. The van der Waals surface area contributed by atoms with Crippen molar-refractivity contribution in [2.45, 2.75) is 6.92 Å². The first-order chi connectivity index (χ1) is 14.0. The topological polar surface area (TPSA) is 63.6 Å². The molecule has 4 rings (SSSR count). The van der Waals surface area contributed by atoms with E-state index in [0.717, 1.165) is 11.1 Å². The van der Waals surface area contributed by atoms with Gasteiger partial charge in [0.05, 0.1) is 5.56 Å². The summed E-state index contributed by atoms with van der Waals surface area (Å²) in [6.07, 6.45) is 0. The van der Waals surface area contributed by atoms with Crippen molar-refractivity contribution in [3.05, 3.63) is 107 Å². The summed E-state index contributed by atoms with van der Waals surface area (Å²) in [5.41, 5.74) is 2.01. The Balaban J connectivity index is 1.61. The Morgan fingerprint density at radius 3 is 2.10 bits per heavy atom. The van der Waals surface area contributed by atoms with Crippen LogP contribution in [0.2, 0.25) is 0 Å². The second kappa shape index (κ2) is 7.60. The highest BCUT2D eigenvalue weighted by Gasteiger charge is 2.15. The van der Waals surface area contributed by atoms with Crippen LogP contribution in [0, 0.1) is 6.92 Å². The van der Waals surface area contributed by atoms with Crippen molar-refractivity contribution in [3.63, 3.8) is 0 Å². The number of hydrogen-bond donors (Lipinski definition) is 1. The molecular weight excluding hydrogens is 364 g/mol. The molecule has 0 atom stereocenters. The Labute approximate surface area is 168 Å². The molecule has 1 N–H and O–H groups in total. The van der Waals surface area contributed by atoms with Crippen molar-refractivity contribution >= 4 is 22.5 Å². The Kier molecular flexibility index (Phi) is 4.83. The number of ether oxygens (including phenoxy) is 1. The zero-order chi connectivity index (χ0) is 20.4. The fourth-order valence-electron chi connectivity index (χ4n) is 3.33. The number of benzene rings is 4. The van der Waals surface area contributed by atoms with Gasteiger partial charge in [0.25, 0.3) is 0 Å². The summed E-state index contributed by atoms with van der Waals surface area (Å²) < 4.78 is 5.76. The quantitative estimate of drug-likeness (QED) is 0.439. The lowest BCUT2D eigenvalue weighted by atomic mass is 9.95. The van der Waals surface area contributed by atoms with Crippen LogP contribution in [-0.2, 0) is 0 Å². The van der Waals surface area contributed by atoms with Gasteiger partial charge in [0.2, 0.25) is 0 Å². The molecule has 4 heteroatoms. The van der Waals surface area contributed by atoms with E-state index in [0.29, 0.717) is 27.8 Å². The van der Waals surface area contributed by atoms with Crippen LogP contribution in [0.1, 0.15) is 31.8 Å². The first kappa shape index (κ1) is 18.4. The van der Waals surface area contributed by atoms with Crippen molar-refractivity contribution < 1.29 is 19.4 Å². The van der Waals surface area contributed by atoms with Crippen molar-refractivity contribution in [1.82, 2.24) is 0 Å². The van der Waals surface area contributed by atoms with Crippen molar-refractivity contribution in [1.29, 1.82) is 0 Å². The van der Waals surface area contributed by atoms with Crippen LogP contribution in [0.3, 0.4) is 0 Å². The highest BCUT2D eigenvalue weighted by molar-refractivity contribution is 6.12. The van der Waals surface area contributed by atoms with E-state index in [4.69, 9.17) is 4.74 Å². The molecule has 0 unspecified atom stereocenters. The Hall–Kier alpha value is -3.92. The molecule has 0 spiro atoms. The maximum Gasteiger partial charge on any atom is 0.336 e. The number of carbonyl (C=O) groups is 2. The first-order valence-corrected chi connectivity index (χ1v) is 9.17. The number of fused-ring (bicyclic) bond motifs is 1. The maximum absolute atomic E-state index is 12.9. The minimum Gasteiger partial charge on any atom is -0.478 e. The molecule has 0 bridgehead atoms. The normalized spacial score (nSPS) is 10.7. The molecule has 4 nitrogen and oxygen atoms in total. The highest BCUT2D eigenvalue weighted by atomic mass is 16.5. The third kappa shape index (κ3) is 3.73. The zero-order valence-corrected chi connectivity index (χ0v) is 15.8. The third-order valence-corrected chi connectivity index (χ3v) is 4.80. The summed E-state index contributed by atoms with van der Waals surface area (Å²) in [5, 5.41) is 10.8. The standard InChI is InChI=1S/C25H18O4/c1-16-7-8-18-15-19(11-14-22(18)23(16)25(27)28)24(26)17-9-12-21(13-10-17)29-20-5-3-2-4-6-20/h2-15H,1H3,(H,27,28). The smallest absolute Gasteiger partial charge is 0.336 e. The van der Waals surface area contributed by atoms with Crippen molar-refractivity contribution in [2.75, 3.05) is 0 Å². The number of para-hydroxylation sites is 1. The molecule has 142 valence electrons. The molecular formula is C25H18O4. The predicted molar refractivity (Wildman–Crippen MR) is 112 cm³/mol. The number of carboxylic acids is 1. The van der Waals surface area contributed by atoms with E-state index in [1.165, 1.54) is 0 Å². The molecule has 0 aliphatic rings. The summed E-state index contributed by atoms with van der Waals surface area (Å²) >= 11 is 0. The van der Waals surface area contributed by atoms with Gasteiger partial charge in [0, 0.05) is 11.1 Å². The Bertz CT molecular complexity index is 1210. The van der Waals surface area contributed by atoms with Crippen LogP contribution in [0.4, 0.5) is 0 Å². The molecule has 0 aromatic heterocycles. The van der Waals surface area contributed by atoms with Gasteiger partial charge in [-0.15, -0.1) is 0 Å². The number of aryl methyl sites for hydroxylation is 1. The molecule has 0 aliphatic heterocycles. The summed E-state index contributed by atoms with van der Waals surface area (Å²) in [7, 11) is 0. The summed E-state index contributed by atoms with van der Waals surface area (Å²) in [6.45, 7) is 1.76. The fraction of sp³-hybridized carbons (Fsp3) is 0.0400. The maximum atomic E-state index is 12.9. The van der Waals surface area contributed by atoms with E-state index < -0.39 is 5.97 Å². The molecule has 4 aromatic rings. The fourth-order valence-corrected chi connectivity index (χ4v) is 3.33. The van der Waals surface area contributed by atoms with Gasteiger partial charge in [0.15, 0.2) is 5.78 Å². The van der Waals surface area contributed by atoms with Crippen LogP contribution in [0.15, 0.2) is 84.9 Å². The molecule has 0 amide bonds. The third-order valence-electron chi connectivity index (χ3n) is 4.80. The van der Waals surface area contributed by atoms with Crippen molar-refractivity contribution in [3.8, 4) is 11.5 Å². The molecule has 0 fully saturated rings. The molecule has 0 heterocycles. The van der Waals surface area contributed by atoms with Gasteiger partial charge in [-0.3, -0.25) is 4.79 Å². The van der Waals surface area contributed by atoms with Crippen LogP contribution < -0.4 is 4.74 Å². The molecule has 0 saturated heterocycles. The average Bonchev–Trinajstić information content (AvgIpc) is 2.74. The highest BCUT2D eigenvalue weighted by Crippen LogP contribution is 2.26. The van der Waals surface area contributed by atoms with E-state index in [1.807, 2.05) is 36.4 Å². The van der Waals surface area contributed by atoms with Crippen molar-refractivity contribution in [2.24, 2.45) is 0 Å². The number of hydrogen-bond acceptors (Lipinski definition) is 3. The van der Waals surface area contributed by atoms with Gasteiger partial charge in [-0.05, 0) is 65.7 Å². The van der Waals surface area contributed by atoms with Gasteiger partial charge in [-0.1, -0.05) is 42.5 Å². The number of aromatic carboxylic acids is 1. The molecule has 29 heavy (non-hydrogen) atoms. The Morgan fingerprint density at radius 1 is 0.759 bits per heavy atom. The first-order valence-electron chi connectivity index (χ1n) is 9.17. The number of carboxylic acid groups (broad SMARTS) is 1. The van der Waals surface area contributed by atoms with E-state index in [9.17, 15) is 14.7 Å². The lowest BCUT2D eigenvalue weighted by Crippen LogP contribution is -2.03. The van der Waals surface area contributed by atoms with Gasteiger partial charge in [0.1, 0.15) is 11.5 Å². The molecule has 0 aliphatic carbocycles. The summed E-state index contributed by atoms with van der Waals surface area (Å²) in [5.74, 6) is 0.273. The zero-order valence-electron chi connectivity index (χ0n) is 15.8. The van der Waals surface area contributed by atoms with Gasteiger partial charge < -0.3 is 9.84 Å². The minimum atomic E-state index is -0.971. The van der Waals surface area contributed by atoms with Gasteiger partial charge >= 0.3 is 5.97 Å². The number of rotatable bonds is 5. The minimum absolute atomic E-state index is 0.129. The number of ketones is 1. The SMILES string of the molecule is Cc1ccc2cc(C(=O)c3ccc(Oc4ccccc4)cc3)ccc2c1C(=O)O. The second-order valence-corrected chi connectivity index (χ2v) is 6.77. The van der Waals surface area contributed by atoms with E-state index >= 15 is 0 Å². The van der Waals surface area contributed by atoms with Crippen LogP contribution in [-0.4, -0.2) is 16.9 Å². The van der Waals surface area contributed by atoms with Crippen LogP contribution in [0.5, 0.6) is 11.5 Å². The largest absolute Gasteiger partial charge is 0.478 e. The summed E-state index contributed by atoms with van der Waals surface area (Å²) in [4.78, 5) is 24.4. The Morgan fingerprint density at radius 2 is 1.41 bits per heavy atom. The van der Waals surface area contributed by atoms with E-state index in [-0.39, 0.29) is 11.3 Å². The van der Waals surface area contributed by atoms with Gasteiger partial charge in [-0.2, -0.15) is 0 Å². The molecule has 0 saturated carbocycles. The average molecular weight is 382 g/mol. The van der Waals surface area contributed by atoms with E-state index in [2.05, 4.69) is 0 Å². The summed E-state index contributed by atoms with van der Waals surface area (Å²) in [6, 6.07) is 25.1. The van der Waals surface area contributed by atoms with E-state index in [1.54, 1.807) is 55.5 Å². The van der Waals surface area contributed by atoms with Gasteiger partial charge in [-0.25, -0.2) is 4.79 Å². The van der Waals surface area contributed by atoms with Crippen LogP contribution >= 0.6 is 0 Å².